The normalized spacial score (nSPS) is 16.7. The molecule has 2 aromatic rings. The van der Waals surface area contributed by atoms with E-state index in [1.54, 1.807) is 12.1 Å². The van der Waals surface area contributed by atoms with Gasteiger partial charge in [-0.05, 0) is 68.3 Å². The second-order valence-corrected chi connectivity index (χ2v) is 13.9. The molecule has 8 nitrogen and oxygen atoms in total. The lowest BCUT2D eigenvalue weighted by Crippen LogP contribution is -2.38. The van der Waals surface area contributed by atoms with Gasteiger partial charge >= 0.3 is 0 Å². The molecule has 2 saturated heterocycles. The van der Waals surface area contributed by atoms with E-state index in [1.165, 1.54) is 18.4 Å². The smallest absolute Gasteiger partial charge is 0.253 e. The van der Waals surface area contributed by atoms with Gasteiger partial charge in [0.05, 0.1) is 24.5 Å². The lowest BCUT2D eigenvalue weighted by Gasteiger charge is -2.35. The van der Waals surface area contributed by atoms with Crippen molar-refractivity contribution < 1.29 is 17.9 Å². The first-order chi connectivity index (χ1) is 20.9. The van der Waals surface area contributed by atoms with Gasteiger partial charge in [-0.15, -0.1) is 0 Å². The Bertz CT molecular complexity index is 1210. The molecule has 0 unspecified atom stereocenters. The number of unbranched alkanes of at least 4 members (excludes halogenated alkanes) is 5. The minimum absolute atomic E-state index is 0.0961. The van der Waals surface area contributed by atoms with Crippen molar-refractivity contribution in [3.05, 3.63) is 59.7 Å². The van der Waals surface area contributed by atoms with Crippen molar-refractivity contribution in [1.29, 1.82) is 0 Å². The van der Waals surface area contributed by atoms with E-state index < -0.39 is 10.0 Å². The van der Waals surface area contributed by atoms with E-state index in [1.807, 2.05) is 6.07 Å². The number of rotatable bonds is 17. The number of carbonyl (C=O) groups excluding carboxylic acids is 1. The maximum atomic E-state index is 13.5. The van der Waals surface area contributed by atoms with Gasteiger partial charge in [-0.25, -0.2) is 8.42 Å². The minimum Gasteiger partial charge on any atom is -0.379 e. The lowest BCUT2D eigenvalue weighted by molar-refractivity contribution is 0.0374. The molecule has 2 aliphatic heterocycles. The fourth-order valence-electron chi connectivity index (χ4n) is 6.11. The first-order valence-electron chi connectivity index (χ1n) is 16.5. The van der Waals surface area contributed by atoms with Gasteiger partial charge in [-0.1, -0.05) is 69.4 Å². The van der Waals surface area contributed by atoms with Crippen LogP contribution < -0.4 is 14.9 Å². The summed E-state index contributed by atoms with van der Waals surface area (Å²) in [5, 5.41) is 3.11. The summed E-state index contributed by atoms with van der Waals surface area (Å²) in [4.78, 5) is 18.2. The Hall–Kier alpha value is -2.62. The van der Waals surface area contributed by atoms with Crippen molar-refractivity contribution >= 4 is 27.3 Å². The van der Waals surface area contributed by atoms with Crippen LogP contribution in [0, 0.1) is 5.92 Å². The van der Waals surface area contributed by atoms with Crippen LogP contribution in [-0.4, -0.2) is 77.5 Å². The number of amides is 1. The molecular weight excluding hydrogens is 560 g/mol. The maximum Gasteiger partial charge on any atom is 0.253 e. The molecule has 4 rings (SSSR count). The summed E-state index contributed by atoms with van der Waals surface area (Å²) in [7, 11) is -3.49. The predicted octanol–water partition coefficient (Wildman–Crippen LogP) is 5.70. The second kappa shape index (κ2) is 17.6. The number of sulfonamides is 1. The number of benzene rings is 2. The Labute approximate surface area is 259 Å². The molecule has 1 amide bonds. The third-order valence-electron chi connectivity index (χ3n) is 8.64. The standard InChI is InChI=1S/C34H52N4O4S/c1-2-3-4-5-6-10-26-43(40,41)36-31-14-15-33(38-20-16-30(17-21-38)27-29-12-8-7-9-13-29)32(28-31)34(39)35-18-11-19-37-22-24-42-25-23-37/h7-9,12-15,28,30,36H,2-6,10-11,16-27H2,1H3,(H,35,39). The molecular formula is C34H52N4O4S. The summed E-state index contributed by atoms with van der Waals surface area (Å²) in [6, 6.07) is 16.1. The molecule has 43 heavy (non-hydrogen) atoms. The van der Waals surface area contributed by atoms with Crippen LogP contribution in [0.25, 0.3) is 0 Å². The first-order valence-corrected chi connectivity index (χ1v) is 18.1. The highest BCUT2D eigenvalue weighted by atomic mass is 32.2. The van der Waals surface area contributed by atoms with Crippen LogP contribution in [0.15, 0.2) is 48.5 Å². The van der Waals surface area contributed by atoms with E-state index in [4.69, 9.17) is 4.74 Å². The average molecular weight is 613 g/mol. The first kappa shape index (κ1) is 33.3. The van der Waals surface area contributed by atoms with Crippen LogP contribution >= 0.6 is 0 Å². The van der Waals surface area contributed by atoms with Crippen LogP contribution in [0.3, 0.4) is 0 Å². The summed E-state index contributed by atoms with van der Waals surface area (Å²) in [5.41, 5.74) is 3.23. The Kier molecular flexibility index (Phi) is 13.6. The van der Waals surface area contributed by atoms with E-state index in [2.05, 4.69) is 57.1 Å². The summed E-state index contributed by atoms with van der Waals surface area (Å²) in [6.07, 6.45) is 10.2. The van der Waals surface area contributed by atoms with Gasteiger partial charge in [0, 0.05) is 44.1 Å². The molecule has 0 radical (unpaired) electrons. The Balaban J connectivity index is 1.38. The minimum atomic E-state index is -3.49. The molecule has 0 aromatic heterocycles. The predicted molar refractivity (Wildman–Crippen MR) is 177 cm³/mol. The number of carbonyl (C=O) groups is 1. The number of nitrogens with one attached hydrogen (secondary N) is 2. The number of morpholine rings is 1. The van der Waals surface area contributed by atoms with Crippen LogP contribution in [0.4, 0.5) is 11.4 Å². The maximum absolute atomic E-state index is 13.5. The molecule has 0 saturated carbocycles. The van der Waals surface area contributed by atoms with Crippen LogP contribution in [0.5, 0.6) is 0 Å². The summed E-state index contributed by atoms with van der Waals surface area (Å²) >= 11 is 0. The average Bonchev–Trinajstić information content (AvgIpc) is 3.02. The Morgan fingerprint density at radius 1 is 0.907 bits per heavy atom. The molecule has 0 atom stereocenters. The third kappa shape index (κ3) is 11.4. The molecule has 9 heteroatoms. The van der Waals surface area contributed by atoms with E-state index in [0.29, 0.717) is 30.1 Å². The van der Waals surface area contributed by atoms with Crippen molar-refractivity contribution in [2.75, 3.05) is 67.9 Å². The summed E-state index contributed by atoms with van der Waals surface area (Å²) in [5.74, 6) is 0.559. The molecule has 2 heterocycles. The van der Waals surface area contributed by atoms with Crippen molar-refractivity contribution in [3.63, 3.8) is 0 Å². The van der Waals surface area contributed by atoms with Crippen molar-refractivity contribution in [2.24, 2.45) is 5.92 Å². The van der Waals surface area contributed by atoms with Crippen molar-refractivity contribution in [3.8, 4) is 0 Å². The monoisotopic (exact) mass is 612 g/mol. The molecule has 2 N–H and O–H groups in total. The second-order valence-electron chi connectivity index (χ2n) is 12.1. The van der Waals surface area contributed by atoms with Gasteiger partial charge in [-0.2, -0.15) is 0 Å². The molecule has 238 valence electrons. The quantitative estimate of drug-likeness (QED) is 0.223. The summed E-state index contributed by atoms with van der Waals surface area (Å²) in [6.45, 7) is 8.80. The Morgan fingerprint density at radius 2 is 1.63 bits per heavy atom. The Morgan fingerprint density at radius 3 is 2.37 bits per heavy atom. The highest BCUT2D eigenvalue weighted by molar-refractivity contribution is 7.92. The number of hydrogen-bond donors (Lipinski definition) is 2. The van der Waals surface area contributed by atoms with Gasteiger partial charge in [0.25, 0.3) is 5.91 Å². The van der Waals surface area contributed by atoms with Crippen molar-refractivity contribution in [2.45, 2.75) is 71.1 Å². The SMILES string of the molecule is CCCCCCCCS(=O)(=O)Nc1ccc(N2CCC(Cc3ccccc3)CC2)c(C(=O)NCCCN2CCOCC2)c1. The number of piperidine rings is 1. The highest BCUT2D eigenvalue weighted by Gasteiger charge is 2.24. The van der Waals surface area contributed by atoms with Crippen LogP contribution in [-0.2, 0) is 21.2 Å². The van der Waals surface area contributed by atoms with Gasteiger partial charge in [0.15, 0.2) is 0 Å². The largest absolute Gasteiger partial charge is 0.379 e. The lowest BCUT2D eigenvalue weighted by atomic mass is 9.89. The number of hydrogen-bond acceptors (Lipinski definition) is 6. The molecule has 2 aliphatic rings. The zero-order valence-electron chi connectivity index (χ0n) is 26.1. The molecule has 2 aromatic carbocycles. The topological polar surface area (TPSA) is 91.0 Å². The molecule has 0 spiro atoms. The van der Waals surface area contributed by atoms with E-state index in [9.17, 15) is 13.2 Å². The fourth-order valence-corrected chi connectivity index (χ4v) is 7.28. The molecule has 2 fully saturated rings. The van der Waals surface area contributed by atoms with Crippen LogP contribution in [0.1, 0.15) is 80.6 Å². The van der Waals surface area contributed by atoms with Gasteiger partial charge < -0.3 is 15.0 Å². The van der Waals surface area contributed by atoms with Gasteiger partial charge in [0.1, 0.15) is 0 Å². The third-order valence-corrected chi connectivity index (χ3v) is 10.0. The number of anilines is 2. The molecule has 0 aliphatic carbocycles. The summed E-state index contributed by atoms with van der Waals surface area (Å²) < 4.78 is 33.9. The fraction of sp³-hybridized carbons (Fsp3) is 0.618. The van der Waals surface area contributed by atoms with E-state index >= 15 is 0 Å². The van der Waals surface area contributed by atoms with Crippen LogP contribution in [0.2, 0.25) is 0 Å². The molecule has 0 bridgehead atoms. The van der Waals surface area contributed by atoms with Gasteiger partial charge in [-0.3, -0.25) is 14.4 Å². The van der Waals surface area contributed by atoms with E-state index in [0.717, 1.165) is 96.6 Å². The zero-order valence-corrected chi connectivity index (χ0v) is 26.9. The van der Waals surface area contributed by atoms with E-state index in [-0.39, 0.29) is 11.7 Å². The number of ether oxygens (including phenoxy) is 1. The zero-order chi connectivity index (χ0) is 30.3. The van der Waals surface area contributed by atoms with Crippen molar-refractivity contribution in [1.82, 2.24) is 10.2 Å². The highest BCUT2D eigenvalue weighted by Crippen LogP contribution is 2.30. The number of nitrogens with zero attached hydrogens (tertiary/aromatic N) is 2. The van der Waals surface area contributed by atoms with Gasteiger partial charge in [0.2, 0.25) is 10.0 Å².